The molecule has 0 saturated carbocycles. The number of fused-ring (bicyclic) bond motifs is 1. The van der Waals surface area contributed by atoms with E-state index in [1.807, 2.05) is 6.07 Å². The standard InChI is InChI=1S/C11H13NO3/c13-10(14)6-11(15)4-1-2-8-3-5-12-7-9(8)11/h3,5,7,15H,1-2,4,6H2,(H,13,14). The van der Waals surface area contributed by atoms with E-state index in [1.54, 1.807) is 12.4 Å². The molecule has 1 aromatic rings. The maximum atomic E-state index is 10.7. The number of hydrogen-bond acceptors (Lipinski definition) is 3. The zero-order valence-corrected chi connectivity index (χ0v) is 8.31. The lowest BCUT2D eigenvalue weighted by Gasteiger charge is -2.32. The van der Waals surface area contributed by atoms with Crippen LogP contribution >= 0.6 is 0 Å². The molecule has 0 radical (unpaired) electrons. The minimum atomic E-state index is -1.23. The Balaban J connectivity index is 2.40. The van der Waals surface area contributed by atoms with Gasteiger partial charge in [-0.15, -0.1) is 0 Å². The summed E-state index contributed by atoms with van der Waals surface area (Å²) in [5, 5.41) is 19.0. The van der Waals surface area contributed by atoms with Crippen LogP contribution in [-0.4, -0.2) is 21.2 Å². The van der Waals surface area contributed by atoms with Crippen molar-refractivity contribution in [2.75, 3.05) is 0 Å². The number of aliphatic carboxylic acids is 1. The Morgan fingerprint density at radius 2 is 2.40 bits per heavy atom. The first-order valence-corrected chi connectivity index (χ1v) is 4.99. The van der Waals surface area contributed by atoms with Crippen LogP contribution in [0.1, 0.15) is 30.4 Å². The Morgan fingerprint density at radius 3 is 3.13 bits per heavy atom. The van der Waals surface area contributed by atoms with Crippen molar-refractivity contribution in [3.63, 3.8) is 0 Å². The molecule has 1 unspecified atom stereocenters. The van der Waals surface area contributed by atoms with Crippen molar-refractivity contribution in [1.82, 2.24) is 4.98 Å². The summed E-state index contributed by atoms with van der Waals surface area (Å²) in [6.07, 6.45) is 5.22. The number of hydrogen-bond donors (Lipinski definition) is 2. The quantitative estimate of drug-likeness (QED) is 0.761. The van der Waals surface area contributed by atoms with E-state index in [2.05, 4.69) is 4.98 Å². The lowest BCUT2D eigenvalue weighted by atomic mass is 9.78. The molecular formula is C11H13NO3. The number of nitrogens with zero attached hydrogens (tertiary/aromatic N) is 1. The smallest absolute Gasteiger partial charge is 0.306 e. The van der Waals surface area contributed by atoms with Crippen molar-refractivity contribution in [3.8, 4) is 0 Å². The van der Waals surface area contributed by atoms with Crippen LogP contribution in [0.15, 0.2) is 18.5 Å². The summed E-state index contributed by atoms with van der Waals surface area (Å²) in [5.74, 6) is -0.978. The SMILES string of the molecule is O=C(O)CC1(O)CCCc2ccncc21. The maximum absolute atomic E-state index is 10.7. The zero-order valence-electron chi connectivity index (χ0n) is 8.31. The molecule has 2 N–H and O–H groups in total. The van der Waals surface area contributed by atoms with E-state index in [9.17, 15) is 9.90 Å². The maximum Gasteiger partial charge on any atom is 0.306 e. The summed E-state index contributed by atoms with van der Waals surface area (Å²) in [4.78, 5) is 14.6. The molecule has 80 valence electrons. The van der Waals surface area contributed by atoms with E-state index < -0.39 is 11.6 Å². The predicted octanol–water partition coefficient (Wildman–Crippen LogP) is 1.08. The van der Waals surface area contributed by atoms with Gasteiger partial charge in [0, 0.05) is 18.0 Å². The number of aryl methyl sites for hydroxylation is 1. The molecule has 1 aliphatic carbocycles. The molecule has 1 aromatic heterocycles. The number of rotatable bonds is 2. The molecule has 15 heavy (non-hydrogen) atoms. The molecule has 0 amide bonds. The number of aliphatic hydroxyl groups is 1. The van der Waals surface area contributed by atoms with Crippen molar-refractivity contribution >= 4 is 5.97 Å². The van der Waals surface area contributed by atoms with Crippen molar-refractivity contribution in [3.05, 3.63) is 29.6 Å². The van der Waals surface area contributed by atoms with Gasteiger partial charge in [-0.25, -0.2) is 0 Å². The van der Waals surface area contributed by atoms with Gasteiger partial charge < -0.3 is 10.2 Å². The minimum absolute atomic E-state index is 0.244. The zero-order chi connectivity index (χ0) is 10.9. The summed E-state index contributed by atoms with van der Waals surface area (Å²) < 4.78 is 0. The van der Waals surface area contributed by atoms with Crippen LogP contribution in [0.2, 0.25) is 0 Å². The first-order chi connectivity index (χ1) is 7.12. The third kappa shape index (κ3) is 1.85. The first kappa shape index (κ1) is 10.1. The van der Waals surface area contributed by atoms with Gasteiger partial charge in [0.05, 0.1) is 6.42 Å². The Hall–Kier alpha value is -1.42. The van der Waals surface area contributed by atoms with E-state index in [4.69, 9.17) is 5.11 Å². The summed E-state index contributed by atoms with van der Waals surface area (Å²) >= 11 is 0. The lowest BCUT2D eigenvalue weighted by Crippen LogP contribution is -2.33. The fourth-order valence-corrected chi connectivity index (χ4v) is 2.20. The number of pyridine rings is 1. The number of carboxylic acids is 1. The summed E-state index contributed by atoms with van der Waals surface area (Å²) in [6.45, 7) is 0. The molecule has 1 heterocycles. The van der Waals surface area contributed by atoms with Gasteiger partial charge in [0.1, 0.15) is 5.60 Å². The average Bonchev–Trinajstić information content (AvgIpc) is 2.17. The van der Waals surface area contributed by atoms with Crippen molar-refractivity contribution in [2.45, 2.75) is 31.3 Å². The fourth-order valence-electron chi connectivity index (χ4n) is 2.20. The predicted molar refractivity (Wildman–Crippen MR) is 53.3 cm³/mol. The monoisotopic (exact) mass is 207 g/mol. The van der Waals surface area contributed by atoms with E-state index in [-0.39, 0.29) is 6.42 Å². The summed E-state index contributed by atoms with van der Waals surface area (Å²) in [7, 11) is 0. The molecule has 4 heteroatoms. The van der Waals surface area contributed by atoms with Crippen LogP contribution < -0.4 is 0 Å². The normalized spacial score (nSPS) is 24.6. The minimum Gasteiger partial charge on any atom is -0.481 e. The van der Waals surface area contributed by atoms with E-state index in [1.165, 1.54) is 0 Å². The fraction of sp³-hybridized carbons (Fsp3) is 0.455. The van der Waals surface area contributed by atoms with Gasteiger partial charge in [-0.3, -0.25) is 9.78 Å². The van der Waals surface area contributed by atoms with Crippen LogP contribution in [0.5, 0.6) is 0 Å². The highest BCUT2D eigenvalue weighted by Gasteiger charge is 2.36. The molecule has 0 spiro atoms. The third-order valence-electron chi connectivity index (χ3n) is 2.89. The molecule has 0 fully saturated rings. The molecule has 1 atom stereocenters. The molecule has 0 saturated heterocycles. The van der Waals surface area contributed by atoms with Gasteiger partial charge in [-0.05, 0) is 30.9 Å². The Labute approximate surface area is 87.6 Å². The third-order valence-corrected chi connectivity index (χ3v) is 2.89. The Bertz CT molecular complexity index is 391. The number of carbonyl (C=O) groups is 1. The van der Waals surface area contributed by atoms with Gasteiger partial charge in [-0.1, -0.05) is 0 Å². The van der Waals surface area contributed by atoms with Gasteiger partial charge >= 0.3 is 5.97 Å². The van der Waals surface area contributed by atoms with Gasteiger partial charge in [0.15, 0.2) is 0 Å². The van der Waals surface area contributed by atoms with Crippen molar-refractivity contribution in [1.29, 1.82) is 0 Å². The van der Waals surface area contributed by atoms with Crippen LogP contribution in [0, 0.1) is 0 Å². The second-order valence-corrected chi connectivity index (χ2v) is 3.99. The Morgan fingerprint density at radius 1 is 1.60 bits per heavy atom. The topological polar surface area (TPSA) is 70.4 Å². The van der Waals surface area contributed by atoms with Crippen LogP contribution in [0.4, 0.5) is 0 Å². The molecule has 4 nitrogen and oxygen atoms in total. The van der Waals surface area contributed by atoms with Crippen LogP contribution in [0.3, 0.4) is 0 Å². The van der Waals surface area contributed by atoms with Crippen LogP contribution in [0.25, 0.3) is 0 Å². The molecular weight excluding hydrogens is 194 g/mol. The van der Waals surface area contributed by atoms with Crippen molar-refractivity contribution in [2.24, 2.45) is 0 Å². The highest BCUT2D eigenvalue weighted by Crippen LogP contribution is 2.37. The van der Waals surface area contributed by atoms with Crippen molar-refractivity contribution < 1.29 is 15.0 Å². The largest absolute Gasteiger partial charge is 0.481 e. The molecule has 0 aromatic carbocycles. The number of carboxylic acid groups (broad SMARTS) is 1. The highest BCUT2D eigenvalue weighted by atomic mass is 16.4. The molecule has 0 aliphatic heterocycles. The van der Waals surface area contributed by atoms with Gasteiger partial charge in [0.25, 0.3) is 0 Å². The second-order valence-electron chi connectivity index (χ2n) is 3.99. The summed E-state index contributed by atoms with van der Waals surface area (Å²) in [5.41, 5.74) is 0.465. The first-order valence-electron chi connectivity index (χ1n) is 4.99. The average molecular weight is 207 g/mol. The van der Waals surface area contributed by atoms with E-state index in [0.29, 0.717) is 12.0 Å². The second kappa shape index (κ2) is 3.62. The molecule has 0 bridgehead atoms. The Kier molecular flexibility index (Phi) is 2.44. The highest BCUT2D eigenvalue weighted by molar-refractivity contribution is 5.68. The molecule has 2 rings (SSSR count). The van der Waals surface area contributed by atoms with Crippen LogP contribution in [-0.2, 0) is 16.8 Å². The van der Waals surface area contributed by atoms with Gasteiger partial charge in [-0.2, -0.15) is 0 Å². The molecule has 1 aliphatic rings. The van der Waals surface area contributed by atoms with Gasteiger partial charge in [0.2, 0.25) is 0 Å². The lowest BCUT2D eigenvalue weighted by molar-refractivity contribution is -0.143. The van der Waals surface area contributed by atoms with E-state index in [0.717, 1.165) is 18.4 Å². The number of aromatic nitrogens is 1. The summed E-state index contributed by atoms with van der Waals surface area (Å²) in [6, 6.07) is 1.85. The van der Waals surface area contributed by atoms with E-state index >= 15 is 0 Å².